The Morgan fingerprint density at radius 1 is 1.27 bits per heavy atom. The number of H-pyrrole nitrogens is 1. The smallest absolute Gasteiger partial charge is 0.330 e. The van der Waals surface area contributed by atoms with Gasteiger partial charge in [-0.2, -0.15) is 0 Å². The SMILES string of the molecule is CCc1c(C(=O)NC(C(=O)O)c2ccc(F)c(C)c2)[nH]c(C)c1C(C)=O. The van der Waals surface area contributed by atoms with E-state index in [1.54, 1.807) is 6.92 Å². The number of benzene rings is 1. The predicted octanol–water partition coefficient (Wildman–Crippen LogP) is 3.09. The van der Waals surface area contributed by atoms with Crippen molar-refractivity contribution in [2.24, 2.45) is 0 Å². The fourth-order valence-electron chi connectivity index (χ4n) is 3.04. The minimum absolute atomic E-state index is 0.167. The van der Waals surface area contributed by atoms with E-state index >= 15 is 0 Å². The Morgan fingerprint density at radius 2 is 1.92 bits per heavy atom. The maximum Gasteiger partial charge on any atom is 0.330 e. The minimum Gasteiger partial charge on any atom is -0.479 e. The molecular formula is C19H21FN2O4. The Bertz CT molecular complexity index is 886. The van der Waals surface area contributed by atoms with Crippen LogP contribution in [0.2, 0.25) is 0 Å². The molecular weight excluding hydrogens is 339 g/mol. The maximum atomic E-state index is 13.4. The van der Waals surface area contributed by atoms with Gasteiger partial charge in [-0.25, -0.2) is 9.18 Å². The van der Waals surface area contributed by atoms with Gasteiger partial charge < -0.3 is 15.4 Å². The Labute approximate surface area is 150 Å². The summed E-state index contributed by atoms with van der Waals surface area (Å²) >= 11 is 0. The molecule has 26 heavy (non-hydrogen) atoms. The molecule has 1 unspecified atom stereocenters. The zero-order chi connectivity index (χ0) is 19.6. The Kier molecular flexibility index (Phi) is 5.59. The van der Waals surface area contributed by atoms with Crippen LogP contribution in [0.3, 0.4) is 0 Å². The number of aryl methyl sites for hydroxylation is 2. The number of carbonyl (C=O) groups is 3. The number of carbonyl (C=O) groups excluding carboxylic acids is 2. The van der Waals surface area contributed by atoms with Crippen LogP contribution < -0.4 is 5.32 Å². The maximum absolute atomic E-state index is 13.4. The number of carboxylic acids is 1. The molecule has 1 aromatic carbocycles. The molecule has 0 aliphatic carbocycles. The molecule has 0 saturated heterocycles. The molecule has 138 valence electrons. The number of rotatable bonds is 6. The van der Waals surface area contributed by atoms with Gasteiger partial charge in [-0.1, -0.05) is 19.1 Å². The van der Waals surface area contributed by atoms with Gasteiger partial charge in [0.05, 0.1) is 0 Å². The number of hydrogen-bond donors (Lipinski definition) is 3. The van der Waals surface area contributed by atoms with Gasteiger partial charge in [0, 0.05) is 11.3 Å². The summed E-state index contributed by atoms with van der Waals surface area (Å²) in [5, 5.41) is 11.9. The molecule has 2 rings (SSSR count). The summed E-state index contributed by atoms with van der Waals surface area (Å²) in [6.07, 6.45) is 0.440. The number of aromatic nitrogens is 1. The molecule has 6 nitrogen and oxygen atoms in total. The van der Waals surface area contributed by atoms with Gasteiger partial charge >= 0.3 is 5.97 Å². The van der Waals surface area contributed by atoms with Crippen LogP contribution in [0.15, 0.2) is 18.2 Å². The molecule has 3 N–H and O–H groups in total. The number of halogens is 1. The number of aromatic amines is 1. The second kappa shape index (κ2) is 7.51. The van der Waals surface area contributed by atoms with Gasteiger partial charge in [0.1, 0.15) is 11.5 Å². The van der Waals surface area contributed by atoms with Crippen LogP contribution in [0.25, 0.3) is 0 Å². The standard InChI is InChI=1S/C19H21FN2O4/c1-5-13-15(11(4)23)10(3)21-17(13)18(24)22-16(19(25)26)12-6-7-14(20)9(2)8-12/h6-8,16,21H,5H2,1-4H3,(H,22,24)(H,25,26). The predicted molar refractivity (Wildman–Crippen MR) is 93.9 cm³/mol. The van der Waals surface area contributed by atoms with Crippen molar-refractivity contribution in [2.45, 2.75) is 40.2 Å². The Morgan fingerprint density at radius 3 is 2.42 bits per heavy atom. The number of Topliss-reactive ketones (excluding diaryl/α,β-unsaturated/α-hetero) is 1. The molecule has 1 amide bonds. The van der Waals surface area contributed by atoms with Crippen LogP contribution in [0.1, 0.15) is 63.1 Å². The molecule has 0 fully saturated rings. The lowest BCUT2D eigenvalue weighted by atomic mass is 10.0. The van der Waals surface area contributed by atoms with Crippen LogP contribution >= 0.6 is 0 Å². The van der Waals surface area contributed by atoms with E-state index in [4.69, 9.17) is 0 Å². The minimum atomic E-state index is -1.34. The fraction of sp³-hybridized carbons (Fsp3) is 0.316. The van der Waals surface area contributed by atoms with Gasteiger partial charge in [0.25, 0.3) is 5.91 Å². The molecule has 0 aliphatic rings. The third-order valence-corrected chi connectivity index (χ3v) is 4.26. The van der Waals surface area contributed by atoms with Crippen LogP contribution in [0, 0.1) is 19.7 Å². The highest BCUT2D eigenvalue weighted by molar-refractivity contribution is 6.03. The molecule has 1 aromatic heterocycles. The van der Waals surface area contributed by atoms with E-state index in [0.29, 0.717) is 23.2 Å². The lowest BCUT2D eigenvalue weighted by Gasteiger charge is -2.16. The summed E-state index contributed by atoms with van der Waals surface area (Å²) in [6.45, 7) is 6.43. The quantitative estimate of drug-likeness (QED) is 0.689. The highest BCUT2D eigenvalue weighted by atomic mass is 19.1. The van der Waals surface area contributed by atoms with Crippen molar-refractivity contribution in [3.8, 4) is 0 Å². The number of aliphatic carboxylic acids is 1. The monoisotopic (exact) mass is 360 g/mol. The van der Waals surface area contributed by atoms with Crippen LogP contribution in [0.5, 0.6) is 0 Å². The first-order chi connectivity index (χ1) is 12.2. The third-order valence-electron chi connectivity index (χ3n) is 4.26. The van der Waals surface area contributed by atoms with E-state index < -0.39 is 23.7 Å². The van der Waals surface area contributed by atoms with Gasteiger partial charge in [-0.05, 0) is 49.9 Å². The van der Waals surface area contributed by atoms with Gasteiger partial charge in [0.2, 0.25) is 0 Å². The van der Waals surface area contributed by atoms with Crippen molar-refractivity contribution in [2.75, 3.05) is 0 Å². The highest BCUT2D eigenvalue weighted by Crippen LogP contribution is 2.22. The number of carboxylic acid groups (broad SMARTS) is 1. The Hall–Kier alpha value is -2.96. The summed E-state index contributed by atoms with van der Waals surface area (Å²) in [7, 11) is 0. The second-order valence-corrected chi connectivity index (χ2v) is 6.14. The number of ketones is 1. The molecule has 0 bridgehead atoms. The molecule has 2 aromatic rings. The number of hydrogen-bond acceptors (Lipinski definition) is 3. The van der Waals surface area contributed by atoms with Crippen molar-refractivity contribution in [1.82, 2.24) is 10.3 Å². The van der Waals surface area contributed by atoms with Crippen molar-refractivity contribution >= 4 is 17.7 Å². The molecule has 7 heteroatoms. The Balaban J connectivity index is 2.40. The van der Waals surface area contributed by atoms with Crippen LogP contribution in [-0.2, 0) is 11.2 Å². The van der Waals surface area contributed by atoms with E-state index in [0.717, 1.165) is 6.07 Å². The van der Waals surface area contributed by atoms with Crippen molar-refractivity contribution in [1.29, 1.82) is 0 Å². The molecule has 1 heterocycles. The second-order valence-electron chi connectivity index (χ2n) is 6.14. The summed E-state index contributed by atoms with van der Waals surface area (Å²) < 4.78 is 13.4. The lowest BCUT2D eigenvalue weighted by Crippen LogP contribution is -2.34. The fourth-order valence-corrected chi connectivity index (χ4v) is 3.04. The summed E-state index contributed by atoms with van der Waals surface area (Å²) in [4.78, 5) is 39.0. The first-order valence-corrected chi connectivity index (χ1v) is 8.19. The van der Waals surface area contributed by atoms with Crippen molar-refractivity contribution in [3.63, 3.8) is 0 Å². The van der Waals surface area contributed by atoms with Gasteiger partial charge in [0.15, 0.2) is 11.8 Å². The first kappa shape index (κ1) is 19.4. The molecule has 0 spiro atoms. The molecule has 0 saturated carbocycles. The molecule has 0 aliphatic heterocycles. The molecule has 0 radical (unpaired) electrons. The average Bonchev–Trinajstić information content (AvgIpc) is 2.91. The van der Waals surface area contributed by atoms with Crippen molar-refractivity contribution in [3.05, 3.63) is 57.7 Å². The van der Waals surface area contributed by atoms with Crippen LogP contribution in [-0.4, -0.2) is 27.8 Å². The lowest BCUT2D eigenvalue weighted by molar-refractivity contribution is -0.139. The first-order valence-electron chi connectivity index (χ1n) is 8.19. The number of amides is 1. The zero-order valence-electron chi connectivity index (χ0n) is 15.1. The third kappa shape index (κ3) is 3.66. The molecule has 1 atom stereocenters. The largest absolute Gasteiger partial charge is 0.479 e. The highest BCUT2D eigenvalue weighted by Gasteiger charge is 2.27. The number of nitrogens with one attached hydrogen (secondary N) is 2. The summed E-state index contributed by atoms with van der Waals surface area (Å²) in [6, 6.07) is 2.53. The van der Waals surface area contributed by atoms with Crippen molar-refractivity contribution < 1.29 is 23.9 Å². The topological polar surface area (TPSA) is 99.3 Å². The average molecular weight is 360 g/mol. The van der Waals surface area contributed by atoms with E-state index in [2.05, 4.69) is 10.3 Å². The van der Waals surface area contributed by atoms with E-state index in [-0.39, 0.29) is 22.6 Å². The van der Waals surface area contributed by atoms with Gasteiger partial charge in [-0.3, -0.25) is 9.59 Å². The van der Waals surface area contributed by atoms with Gasteiger partial charge in [-0.15, -0.1) is 0 Å². The summed E-state index contributed by atoms with van der Waals surface area (Å²) in [5.41, 5.74) is 2.27. The van der Waals surface area contributed by atoms with Crippen LogP contribution in [0.4, 0.5) is 4.39 Å². The van der Waals surface area contributed by atoms with E-state index in [9.17, 15) is 23.9 Å². The van der Waals surface area contributed by atoms with E-state index in [1.807, 2.05) is 6.92 Å². The normalized spacial score (nSPS) is 11.9. The van der Waals surface area contributed by atoms with E-state index in [1.165, 1.54) is 26.0 Å². The summed E-state index contributed by atoms with van der Waals surface area (Å²) in [5.74, 6) is -2.52. The zero-order valence-corrected chi connectivity index (χ0v) is 15.1.